The molecule has 3 rings (SSSR count). The van der Waals surface area contributed by atoms with E-state index in [4.69, 9.17) is 23.2 Å². The summed E-state index contributed by atoms with van der Waals surface area (Å²) < 4.78 is 0. The molecule has 1 amide bonds. The van der Waals surface area contributed by atoms with Crippen LogP contribution < -0.4 is 4.90 Å². The first-order valence-electron chi connectivity index (χ1n) is 9.50. The lowest BCUT2D eigenvalue weighted by Gasteiger charge is -2.23. The minimum Gasteiger partial charge on any atom is -0.375 e. The number of ketones is 1. The van der Waals surface area contributed by atoms with Gasteiger partial charge in [0, 0.05) is 22.7 Å². The first-order chi connectivity index (χ1) is 13.4. The number of anilines is 1. The van der Waals surface area contributed by atoms with Gasteiger partial charge in [-0.1, -0.05) is 67.6 Å². The van der Waals surface area contributed by atoms with E-state index in [-0.39, 0.29) is 17.0 Å². The zero-order valence-electron chi connectivity index (χ0n) is 15.8. The van der Waals surface area contributed by atoms with E-state index < -0.39 is 17.3 Å². The quantitative estimate of drug-likeness (QED) is 0.461. The Balaban J connectivity index is 1.87. The number of nitrogens with zero attached hydrogens (tertiary/aromatic N) is 1. The van der Waals surface area contributed by atoms with E-state index >= 15 is 0 Å². The van der Waals surface area contributed by atoms with Crippen molar-refractivity contribution in [2.24, 2.45) is 0 Å². The van der Waals surface area contributed by atoms with Crippen LogP contribution in [0.5, 0.6) is 0 Å². The molecule has 1 aliphatic heterocycles. The van der Waals surface area contributed by atoms with Crippen LogP contribution in [0.15, 0.2) is 42.5 Å². The molecule has 0 bridgehead atoms. The maximum atomic E-state index is 13.1. The number of carbonyl (C=O) groups excluding carboxylic acids is 2. The number of hydrogen-bond donors (Lipinski definition) is 1. The van der Waals surface area contributed by atoms with Crippen LogP contribution in [0.25, 0.3) is 0 Å². The maximum Gasteiger partial charge on any atom is 0.264 e. The van der Waals surface area contributed by atoms with E-state index in [9.17, 15) is 14.7 Å². The molecule has 0 spiro atoms. The van der Waals surface area contributed by atoms with Gasteiger partial charge >= 0.3 is 0 Å². The summed E-state index contributed by atoms with van der Waals surface area (Å²) >= 11 is 12.0. The van der Waals surface area contributed by atoms with Crippen LogP contribution in [0.4, 0.5) is 5.69 Å². The zero-order chi connectivity index (χ0) is 20.3. The fourth-order valence-electron chi connectivity index (χ4n) is 3.64. The smallest absolute Gasteiger partial charge is 0.264 e. The number of carbonyl (C=O) groups is 2. The third-order valence-corrected chi connectivity index (χ3v) is 5.67. The first kappa shape index (κ1) is 20.8. The maximum absolute atomic E-state index is 13.1. The summed E-state index contributed by atoms with van der Waals surface area (Å²) in [7, 11) is 0. The van der Waals surface area contributed by atoms with Crippen molar-refractivity contribution < 1.29 is 14.7 Å². The Morgan fingerprint density at radius 2 is 1.86 bits per heavy atom. The third kappa shape index (κ3) is 3.95. The largest absolute Gasteiger partial charge is 0.375 e. The molecular formula is C22H23Cl2NO3. The van der Waals surface area contributed by atoms with Gasteiger partial charge in [-0.25, -0.2) is 0 Å². The van der Waals surface area contributed by atoms with Gasteiger partial charge in [0.2, 0.25) is 0 Å². The van der Waals surface area contributed by atoms with Crippen molar-refractivity contribution in [2.75, 3.05) is 11.4 Å². The number of fused-ring (bicyclic) bond motifs is 1. The fourth-order valence-corrected chi connectivity index (χ4v) is 4.15. The lowest BCUT2D eigenvalue weighted by molar-refractivity contribution is -0.135. The van der Waals surface area contributed by atoms with Gasteiger partial charge in [0.1, 0.15) is 0 Å². The molecule has 0 saturated heterocycles. The molecule has 4 nitrogen and oxygen atoms in total. The molecule has 0 aliphatic carbocycles. The number of para-hydroxylation sites is 1. The van der Waals surface area contributed by atoms with Gasteiger partial charge in [0.15, 0.2) is 11.4 Å². The SMILES string of the molecule is CCCCCCN1C(=O)C(O)(CC(=O)c2ccc(Cl)cc2Cl)c2ccccc21. The zero-order valence-corrected chi connectivity index (χ0v) is 17.3. The predicted molar refractivity (Wildman–Crippen MR) is 112 cm³/mol. The lowest BCUT2D eigenvalue weighted by atomic mass is 9.88. The molecule has 1 heterocycles. The Bertz CT molecular complexity index is 899. The molecule has 2 aromatic rings. The molecule has 0 radical (unpaired) electrons. The summed E-state index contributed by atoms with van der Waals surface area (Å²) in [5, 5.41) is 11.9. The van der Waals surface area contributed by atoms with Crippen LogP contribution in [-0.2, 0) is 10.4 Å². The third-order valence-electron chi connectivity index (χ3n) is 5.12. The molecule has 1 atom stereocenters. The van der Waals surface area contributed by atoms with Gasteiger partial charge in [0.25, 0.3) is 5.91 Å². The van der Waals surface area contributed by atoms with E-state index in [1.165, 1.54) is 12.1 Å². The molecule has 1 aliphatic rings. The number of aliphatic hydroxyl groups is 1. The Morgan fingerprint density at radius 1 is 1.11 bits per heavy atom. The number of Topliss-reactive ketones (excluding diaryl/α,β-unsaturated/α-hetero) is 1. The van der Waals surface area contributed by atoms with Gasteiger partial charge in [-0.3, -0.25) is 9.59 Å². The molecule has 6 heteroatoms. The van der Waals surface area contributed by atoms with Gasteiger partial charge in [-0.2, -0.15) is 0 Å². The van der Waals surface area contributed by atoms with Gasteiger partial charge in [-0.05, 0) is 30.7 Å². The molecule has 0 fully saturated rings. The summed E-state index contributed by atoms with van der Waals surface area (Å²) in [5.74, 6) is -0.858. The van der Waals surface area contributed by atoms with Crippen molar-refractivity contribution in [1.82, 2.24) is 0 Å². The molecule has 1 unspecified atom stereocenters. The second-order valence-corrected chi connectivity index (χ2v) is 7.96. The molecule has 0 aromatic heterocycles. The predicted octanol–water partition coefficient (Wildman–Crippen LogP) is 5.38. The highest BCUT2D eigenvalue weighted by atomic mass is 35.5. The van der Waals surface area contributed by atoms with Gasteiger partial charge < -0.3 is 10.0 Å². The first-order valence-corrected chi connectivity index (χ1v) is 10.3. The Kier molecular flexibility index (Phi) is 6.43. The van der Waals surface area contributed by atoms with Crippen molar-refractivity contribution in [1.29, 1.82) is 0 Å². The van der Waals surface area contributed by atoms with E-state index in [2.05, 4.69) is 6.92 Å². The van der Waals surface area contributed by atoms with Crippen LogP contribution in [0.3, 0.4) is 0 Å². The monoisotopic (exact) mass is 419 g/mol. The number of rotatable bonds is 8. The highest BCUT2D eigenvalue weighted by molar-refractivity contribution is 6.37. The lowest BCUT2D eigenvalue weighted by Crippen LogP contribution is -2.42. The molecule has 1 N–H and O–H groups in total. The Hall–Kier alpha value is -1.88. The highest BCUT2D eigenvalue weighted by Gasteiger charge is 2.50. The van der Waals surface area contributed by atoms with E-state index in [0.717, 1.165) is 25.7 Å². The Morgan fingerprint density at radius 3 is 2.57 bits per heavy atom. The van der Waals surface area contributed by atoms with Crippen LogP contribution in [0, 0.1) is 0 Å². The summed E-state index contributed by atoms with van der Waals surface area (Å²) in [6.45, 7) is 2.65. The number of benzene rings is 2. The highest BCUT2D eigenvalue weighted by Crippen LogP contribution is 2.43. The number of unbranched alkanes of at least 4 members (excludes halogenated alkanes) is 3. The number of hydrogen-bond acceptors (Lipinski definition) is 3. The van der Waals surface area contributed by atoms with Crippen LogP contribution in [-0.4, -0.2) is 23.3 Å². The average molecular weight is 420 g/mol. The van der Waals surface area contributed by atoms with Crippen molar-refractivity contribution in [3.63, 3.8) is 0 Å². The van der Waals surface area contributed by atoms with Crippen LogP contribution in [0.1, 0.15) is 54.9 Å². The minimum atomic E-state index is -1.89. The summed E-state index contributed by atoms with van der Waals surface area (Å²) in [6, 6.07) is 11.7. The van der Waals surface area contributed by atoms with E-state index in [1.54, 1.807) is 23.1 Å². The Labute approximate surface area is 175 Å². The summed E-state index contributed by atoms with van der Waals surface area (Å²) in [6.07, 6.45) is 3.70. The number of halogens is 2. The van der Waals surface area contributed by atoms with Crippen LogP contribution in [0.2, 0.25) is 10.0 Å². The van der Waals surface area contributed by atoms with E-state index in [0.29, 0.717) is 22.8 Å². The molecule has 28 heavy (non-hydrogen) atoms. The second kappa shape index (κ2) is 8.64. The van der Waals surface area contributed by atoms with Crippen molar-refractivity contribution in [3.8, 4) is 0 Å². The standard InChI is InChI=1S/C22H23Cl2NO3/c1-2-3-4-7-12-25-19-9-6-5-8-17(19)22(28,21(25)27)14-20(26)16-11-10-15(23)13-18(16)24/h5-6,8-11,13,28H,2-4,7,12,14H2,1H3. The van der Waals surface area contributed by atoms with Gasteiger partial charge in [-0.15, -0.1) is 0 Å². The van der Waals surface area contributed by atoms with Gasteiger partial charge in [0.05, 0.1) is 17.1 Å². The molecule has 0 saturated carbocycles. The normalized spacial score (nSPS) is 18.4. The number of amides is 1. The van der Waals surface area contributed by atoms with E-state index in [1.807, 2.05) is 12.1 Å². The van der Waals surface area contributed by atoms with Crippen molar-refractivity contribution in [2.45, 2.75) is 44.6 Å². The van der Waals surface area contributed by atoms with Crippen molar-refractivity contribution in [3.05, 3.63) is 63.6 Å². The minimum absolute atomic E-state index is 0.205. The summed E-state index contributed by atoms with van der Waals surface area (Å²) in [4.78, 5) is 27.6. The average Bonchev–Trinajstić information content (AvgIpc) is 2.87. The van der Waals surface area contributed by atoms with Crippen molar-refractivity contribution >= 4 is 40.6 Å². The topological polar surface area (TPSA) is 57.6 Å². The second-order valence-electron chi connectivity index (χ2n) is 7.12. The molecular weight excluding hydrogens is 397 g/mol. The molecule has 2 aromatic carbocycles. The fraction of sp³-hybridized carbons (Fsp3) is 0.364. The molecule has 148 valence electrons. The van der Waals surface area contributed by atoms with Crippen LogP contribution >= 0.6 is 23.2 Å². The summed E-state index contributed by atoms with van der Waals surface area (Å²) in [5.41, 5.74) is -0.511.